The number of benzene rings is 3. The molecule has 1 aromatic heterocycles. The Morgan fingerprint density at radius 2 is 1.75 bits per heavy atom. The zero-order chi connectivity index (χ0) is 27.5. The summed E-state index contributed by atoms with van der Waals surface area (Å²) in [5.41, 5.74) is 10.1. The number of nitrogens with zero attached hydrogens (tertiary/aromatic N) is 4. The number of morpholine rings is 1. The second-order valence-electron chi connectivity index (χ2n) is 9.29. The van der Waals surface area contributed by atoms with Gasteiger partial charge in [0.2, 0.25) is 12.1 Å². The van der Waals surface area contributed by atoms with Crippen molar-refractivity contribution < 1.29 is 14.3 Å². The average molecular weight is 534 g/mol. The fraction of sp³-hybridized carbons (Fsp3) is 0.167. The van der Waals surface area contributed by atoms with Crippen LogP contribution in [0.15, 0.2) is 95.0 Å². The molecule has 3 heterocycles. The molecule has 0 unspecified atom stereocenters. The summed E-state index contributed by atoms with van der Waals surface area (Å²) in [4.78, 5) is 28.7. The Kier molecular flexibility index (Phi) is 6.90. The van der Waals surface area contributed by atoms with E-state index in [1.165, 1.54) is 0 Å². The summed E-state index contributed by atoms with van der Waals surface area (Å²) in [5.74, 6) is -0.743. The average Bonchev–Trinajstić information content (AvgIpc) is 3.13. The molecule has 4 N–H and O–H groups in total. The number of amidine groups is 1. The number of aliphatic imine (C=N–C) groups is 2. The molecule has 200 valence electrons. The lowest BCUT2D eigenvalue weighted by molar-refractivity contribution is -0.117. The minimum atomic E-state index is -1.22. The molecule has 1 atom stereocenters. The van der Waals surface area contributed by atoms with Gasteiger partial charge in [0.1, 0.15) is 5.69 Å². The number of ether oxygens (including phenoxy) is 2. The first-order chi connectivity index (χ1) is 19.6. The van der Waals surface area contributed by atoms with E-state index in [2.05, 4.69) is 25.2 Å². The quantitative estimate of drug-likeness (QED) is 0.271. The lowest BCUT2D eigenvalue weighted by Gasteiger charge is -2.31. The van der Waals surface area contributed by atoms with Crippen molar-refractivity contribution in [3.05, 3.63) is 102 Å². The van der Waals surface area contributed by atoms with E-state index in [-0.39, 0.29) is 11.9 Å². The second-order valence-corrected chi connectivity index (χ2v) is 9.29. The van der Waals surface area contributed by atoms with Crippen LogP contribution < -0.4 is 16.0 Å². The number of pyridine rings is 1. The molecular formula is C30H27N7O3. The van der Waals surface area contributed by atoms with Crippen molar-refractivity contribution >= 4 is 45.7 Å². The van der Waals surface area contributed by atoms with E-state index in [1.807, 2.05) is 78.9 Å². The number of para-hydroxylation sites is 1. The van der Waals surface area contributed by atoms with E-state index in [0.29, 0.717) is 43.4 Å². The summed E-state index contributed by atoms with van der Waals surface area (Å²) in [7, 11) is 0. The van der Waals surface area contributed by atoms with E-state index >= 15 is 0 Å². The van der Waals surface area contributed by atoms with Crippen LogP contribution in [0.2, 0.25) is 0 Å². The molecular weight excluding hydrogens is 506 g/mol. The Bertz CT molecular complexity index is 1650. The highest BCUT2D eigenvalue weighted by Gasteiger charge is 2.27. The Balaban J connectivity index is 1.33. The summed E-state index contributed by atoms with van der Waals surface area (Å²) in [6, 6.07) is 24.5. The minimum Gasteiger partial charge on any atom is -0.405 e. The molecule has 2 aliphatic rings. The molecule has 10 heteroatoms. The topological polar surface area (TPSA) is 138 Å². The Labute approximate surface area is 230 Å². The Hall–Kier alpha value is -5.09. The van der Waals surface area contributed by atoms with Crippen molar-refractivity contribution in [1.29, 1.82) is 5.41 Å². The Morgan fingerprint density at radius 3 is 2.58 bits per heavy atom. The van der Waals surface area contributed by atoms with Gasteiger partial charge >= 0.3 is 0 Å². The van der Waals surface area contributed by atoms with Gasteiger partial charge in [0.25, 0.3) is 11.9 Å². The standard InChI is InChI=1S/C30H27N7O3/c31-27(25-26(37-14-16-39-17-15-37)21-11-5-4-10-20(21)18-33-25)40-30(32)36-28-29(38)34-23-13-7-6-12-22(23)24(35-28)19-8-2-1-3-9-19/h1-13,18,28,31H,14-17H2,(H2,32,36)(H,34,38)/t28-/m1/s1. The van der Waals surface area contributed by atoms with Crippen LogP contribution in [0.3, 0.4) is 0 Å². The molecule has 10 nitrogen and oxygen atoms in total. The number of nitrogens with two attached hydrogens (primary N) is 1. The van der Waals surface area contributed by atoms with Gasteiger partial charge in [-0.1, -0.05) is 72.8 Å². The lowest BCUT2D eigenvalue weighted by Crippen LogP contribution is -2.38. The predicted molar refractivity (Wildman–Crippen MR) is 155 cm³/mol. The van der Waals surface area contributed by atoms with Crippen LogP contribution in [0.1, 0.15) is 16.8 Å². The maximum Gasteiger partial charge on any atom is 0.291 e. The fourth-order valence-corrected chi connectivity index (χ4v) is 4.88. The summed E-state index contributed by atoms with van der Waals surface area (Å²) < 4.78 is 11.2. The molecule has 6 rings (SSSR count). The minimum absolute atomic E-state index is 0.280. The van der Waals surface area contributed by atoms with Crippen molar-refractivity contribution in [3.63, 3.8) is 0 Å². The monoisotopic (exact) mass is 533 g/mol. The van der Waals surface area contributed by atoms with E-state index in [1.54, 1.807) is 6.20 Å². The molecule has 1 amide bonds. The SMILES string of the molecule is N=C(OC(N)=N[C@H]1N=C(c2ccccc2)c2ccccc2NC1=O)c1ncc2ccccc2c1N1CCOCC1. The molecule has 3 aromatic carbocycles. The number of benzodiazepines with no additional fused rings is 1. The van der Waals surface area contributed by atoms with Gasteiger partial charge in [-0.3, -0.25) is 10.2 Å². The molecule has 1 saturated heterocycles. The van der Waals surface area contributed by atoms with Gasteiger partial charge in [0.05, 0.1) is 30.3 Å². The second kappa shape index (κ2) is 11.0. The molecule has 0 bridgehead atoms. The molecule has 0 spiro atoms. The van der Waals surface area contributed by atoms with Gasteiger partial charge in [-0.2, -0.15) is 4.99 Å². The first-order valence-corrected chi connectivity index (χ1v) is 12.9. The third-order valence-electron chi connectivity index (χ3n) is 6.74. The number of rotatable bonds is 4. The van der Waals surface area contributed by atoms with Crippen LogP contribution in [-0.2, 0) is 14.3 Å². The van der Waals surface area contributed by atoms with E-state index < -0.39 is 12.1 Å². The largest absolute Gasteiger partial charge is 0.405 e. The lowest BCUT2D eigenvalue weighted by atomic mass is 10.0. The molecule has 2 aliphatic heterocycles. The predicted octanol–water partition coefficient (Wildman–Crippen LogP) is 3.54. The highest BCUT2D eigenvalue weighted by atomic mass is 16.5. The van der Waals surface area contributed by atoms with E-state index in [0.717, 1.165) is 27.6 Å². The zero-order valence-electron chi connectivity index (χ0n) is 21.6. The number of aromatic nitrogens is 1. The van der Waals surface area contributed by atoms with Crippen LogP contribution in [-0.4, -0.2) is 61.0 Å². The van der Waals surface area contributed by atoms with Crippen LogP contribution in [0.5, 0.6) is 0 Å². The van der Waals surface area contributed by atoms with Gasteiger partial charge in [-0.15, -0.1) is 0 Å². The van der Waals surface area contributed by atoms with E-state index in [4.69, 9.17) is 20.6 Å². The van der Waals surface area contributed by atoms with Gasteiger partial charge in [-0.05, 0) is 6.07 Å². The van der Waals surface area contributed by atoms with Gasteiger partial charge in [-0.25, -0.2) is 9.98 Å². The van der Waals surface area contributed by atoms with Gasteiger partial charge < -0.3 is 25.4 Å². The third kappa shape index (κ3) is 4.99. The smallest absolute Gasteiger partial charge is 0.291 e. The van der Waals surface area contributed by atoms with Crippen LogP contribution in [0, 0.1) is 5.41 Å². The zero-order valence-corrected chi connectivity index (χ0v) is 21.6. The number of fused-ring (bicyclic) bond motifs is 2. The molecule has 0 radical (unpaired) electrons. The van der Waals surface area contributed by atoms with Crippen molar-refractivity contribution in [3.8, 4) is 0 Å². The van der Waals surface area contributed by atoms with Crippen molar-refractivity contribution in [2.45, 2.75) is 6.17 Å². The first-order valence-electron chi connectivity index (χ1n) is 12.9. The highest BCUT2D eigenvalue weighted by molar-refractivity contribution is 6.19. The maximum atomic E-state index is 13.1. The number of hydrogen-bond donors (Lipinski definition) is 3. The van der Waals surface area contributed by atoms with Crippen LogP contribution in [0.4, 0.5) is 11.4 Å². The number of carbonyl (C=O) groups is 1. The van der Waals surface area contributed by atoms with Crippen LogP contribution in [0.25, 0.3) is 10.8 Å². The number of anilines is 2. The summed E-state index contributed by atoms with van der Waals surface area (Å²) in [6.45, 7) is 2.45. The van der Waals surface area contributed by atoms with Crippen LogP contribution >= 0.6 is 0 Å². The normalized spacial score (nSPS) is 17.4. The molecule has 1 fully saturated rings. The number of amides is 1. The fourth-order valence-electron chi connectivity index (χ4n) is 4.88. The van der Waals surface area contributed by atoms with Crippen molar-refractivity contribution in [1.82, 2.24) is 4.98 Å². The summed E-state index contributed by atoms with van der Waals surface area (Å²) in [6.07, 6.45) is 0.477. The van der Waals surface area contributed by atoms with Gasteiger partial charge in [0.15, 0.2) is 0 Å². The number of hydrogen-bond acceptors (Lipinski definition) is 8. The third-order valence-corrected chi connectivity index (χ3v) is 6.74. The van der Waals surface area contributed by atoms with E-state index in [9.17, 15) is 4.79 Å². The first kappa shape index (κ1) is 25.2. The summed E-state index contributed by atoms with van der Waals surface area (Å²) in [5, 5.41) is 13.5. The van der Waals surface area contributed by atoms with Gasteiger partial charge in [0, 0.05) is 41.2 Å². The highest BCUT2D eigenvalue weighted by Crippen LogP contribution is 2.31. The Morgan fingerprint density at radius 1 is 1.02 bits per heavy atom. The van der Waals surface area contributed by atoms with Crippen molar-refractivity contribution in [2.75, 3.05) is 36.5 Å². The summed E-state index contributed by atoms with van der Waals surface area (Å²) >= 11 is 0. The molecule has 4 aromatic rings. The maximum absolute atomic E-state index is 13.1. The number of nitrogens with one attached hydrogen (secondary N) is 2. The molecule has 40 heavy (non-hydrogen) atoms. The molecule has 0 aliphatic carbocycles. The number of carbonyl (C=O) groups excluding carboxylic acids is 1. The molecule has 0 saturated carbocycles. The van der Waals surface area contributed by atoms with Crippen molar-refractivity contribution in [2.24, 2.45) is 15.7 Å².